The molecule has 5 rings (SSSR count). The number of hydrogen-bond donors (Lipinski definition) is 2. The number of rotatable bonds is 19. The summed E-state index contributed by atoms with van der Waals surface area (Å²) in [5, 5.41) is 23.7. The quantitative estimate of drug-likeness (QED) is 0.0437. The second-order valence-electron chi connectivity index (χ2n) is 20.5. The molecule has 1 unspecified atom stereocenters. The monoisotopic (exact) mass is 1010 g/mol. The summed E-state index contributed by atoms with van der Waals surface area (Å²) in [5.41, 5.74) is -0.270. The molecule has 0 aromatic heterocycles. The summed E-state index contributed by atoms with van der Waals surface area (Å²) >= 11 is 0. The summed E-state index contributed by atoms with van der Waals surface area (Å²) in [6.07, 6.45) is 7.94. The molecule has 4 aliphatic rings. The van der Waals surface area contributed by atoms with Crippen LogP contribution in [0.15, 0.2) is 66.8 Å². The third-order valence-corrected chi connectivity index (χ3v) is 13.8. The van der Waals surface area contributed by atoms with Crippen molar-refractivity contribution in [3.05, 3.63) is 72.4 Å². The fraction of sp³-hybridized carbons (Fsp3) is 0.696. The van der Waals surface area contributed by atoms with Crippen LogP contribution in [0.3, 0.4) is 0 Å². The van der Waals surface area contributed by atoms with Crippen molar-refractivity contribution in [2.24, 2.45) is 23.2 Å². The Labute approximate surface area is 428 Å². The van der Waals surface area contributed by atoms with Crippen molar-refractivity contribution in [1.82, 2.24) is 0 Å². The fourth-order valence-corrected chi connectivity index (χ4v) is 10.1. The predicted octanol–water partition coefficient (Wildman–Crippen LogP) is 8.62. The molecule has 3 saturated heterocycles. The van der Waals surface area contributed by atoms with Gasteiger partial charge < -0.3 is 52.8 Å². The van der Waals surface area contributed by atoms with E-state index in [4.69, 9.17) is 37.9 Å². The zero-order valence-electron chi connectivity index (χ0n) is 44.8. The van der Waals surface area contributed by atoms with Gasteiger partial charge in [0.15, 0.2) is 11.9 Å². The maximum absolute atomic E-state index is 13.8. The van der Waals surface area contributed by atoms with Crippen LogP contribution in [0.4, 0.5) is 0 Å². The van der Waals surface area contributed by atoms with Crippen LogP contribution in [0.2, 0.25) is 0 Å². The van der Waals surface area contributed by atoms with Gasteiger partial charge in [0, 0.05) is 50.5 Å². The Kier molecular flexibility index (Phi) is 26.0. The molecule has 0 radical (unpaired) electrons. The average Bonchev–Trinajstić information content (AvgIpc) is 3.31. The number of hydrogen-bond acceptors (Lipinski definition) is 16. The number of ether oxygens (including phenoxy) is 9. The lowest BCUT2D eigenvalue weighted by molar-refractivity contribution is -0.342. The number of benzene rings is 1. The number of allylic oxidation sites excluding steroid dienone is 2. The Morgan fingerprint density at radius 3 is 2.19 bits per heavy atom. The van der Waals surface area contributed by atoms with Crippen LogP contribution in [0.25, 0.3) is 0 Å². The number of methoxy groups -OCH3 is 2. The summed E-state index contributed by atoms with van der Waals surface area (Å²) in [5.74, 6) is -3.91. The van der Waals surface area contributed by atoms with E-state index in [1.54, 1.807) is 26.8 Å². The second kappa shape index (κ2) is 30.2. The number of aldehydes is 1. The van der Waals surface area contributed by atoms with Gasteiger partial charge in [-0.1, -0.05) is 83.5 Å². The number of esters is 4. The van der Waals surface area contributed by atoms with Crippen LogP contribution in [-0.2, 0) is 73.2 Å². The maximum atomic E-state index is 13.8. The van der Waals surface area contributed by atoms with Crippen molar-refractivity contribution >= 4 is 30.2 Å². The van der Waals surface area contributed by atoms with Crippen LogP contribution in [-0.4, -0.2) is 122 Å². The van der Waals surface area contributed by atoms with E-state index in [2.05, 4.69) is 32.1 Å². The SMILES string of the molecule is C=CC.COC(=O)/C=C1\C[C@@H](C[C@@H](OC(=O)C[C@H](O)C[C@@H]2CCC[C@H](C[C@@H]3CCO[C@@]4(C[C@H](C)CC[C@H]4C(C)C)O3)O2)[C@@H](C)OCc2ccccc2)O[C@@](O)(C(C)(C)/C=C/C=O)C1OC(C)=O.COC(C)=O. The summed E-state index contributed by atoms with van der Waals surface area (Å²) < 4.78 is 53.3. The van der Waals surface area contributed by atoms with Gasteiger partial charge in [-0.25, -0.2) is 4.79 Å². The average molecular weight is 1020 g/mol. The number of aliphatic hydroxyl groups is 2. The van der Waals surface area contributed by atoms with Crippen molar-refractivity contribution in [1.29, 1.82) is 0 Å². The predicted molar refractivity (Wildman–Crippen MR) is 270 cm³/mol. The molecular weight excluding hydrogens is 929 g/mol. The van der Waals surface area contributed by atoms with Gasteiger partial charge in [-0.05, 0) is 87.8 Å². The topological polar surface area (TPSA) is 209 Å². The molecule has 0 bridgehead atoms. The van der Waals surface area contributed by atoms with Crippen LogP contribution in [0, 0.1) is 23.2 Å². The highest BCUT2D eigenvalue weighted by Crippen LogP contribution is 2.48. The summed E-state index contributed by atoms with van der Waals surface area (Å²) in [4.78, 5) is 59.8. The Morgan fingerprint density at radius 1 is 0.917 bits per heavy atom. The fourth-order valence-electron chi connectivity index (χ4n) is 10.1. The minimum Gasteiger partial charge on any atom is -0.469 e. The summed E-state index contributed by atoms with van der Waals surface area (Å²) in [6, 6.07) is 9.49. The highest BCUT2D eigenvalue weighted by molar-refractivity contribution is 5.83. The normalized spacial score (nSPS) is 29.3. The van der Waals surface area contributed by atoms with E-state index in [-0.39, 0.29) is 62.1 Å². The van der Waals surface area contributed by atoms with Crippen molar-refractivity contribution < 1.29 is 76.8 Å². The van der Waals surface area contributed by atoms with E-state index in [0.29, 0.717) is 30.6 Å². The highest BCUT2D eigenvalue weighted by Gasteiger charge is 2.57. The molecule has 2 N–H and O–H groups in total. The van der Waals surface area contributed by atoms with E-state index in [9.17, 15) is 34.2 Å². The van der Waals surface area contributed by atoms with Gasteiger partial charge in [-0.3, -0.25) is 19.2 Å². The highest BCUT2D eigenvalue weighted by atomic mass is 16.7. The van der Waals surface area contributed by atoms with Gasteiger partial charge in [0.25, 0.3) is 0 Å². The van der Waals surface area contributed by atoms with Crippen LogP contribution >= 0.6 is 0 Å². The largest absolute Gasteiger partial charge is 0.469 e. The summed E-state index contributed by atoms with van der Waals surface area (Å²) in [7, 11) is 2.55. The number of carbonyl (C=O) groups excluding carboxylic acids is 5. The molecule has 1 spiro atoms. The van der Waals surface area contributed by atoms with Crippen molar-refractivity contribution in [3.63, 3.8) is 0 Å². The van der Waals surface area contributed by atoms with Gasteiger partial charge in [0.2, 0.25) is 5.79 Å². The van der Waals surface area contributed by atoms with Crippen molar-refractivity contribution in [2.45, 2.75) is 206 Å². The molecule has 1 aromatic rings. The lowest BCUT2D eigenvalue weighted by Gasteiger charge is -2.51. The summed E-state index contributed by atoms with van der Waals surface area (Å²) in [6.45, 7) is 20.4. The Hall–Kier alpha value is -4.29. The third-order valence-electron chi connectivity index (χ3n) is 13.8. The zero-order chi connectivity index (χ0) is 53.6. The standard InChI is InChI=1S/C50H74O14.C3H6O2.C3H6/c1-32(2)43-19-18-33(3)30-49(43)59-23-20-41(63-49)28-40-17-12-16-39(61-40)26-38(53)27-46(55)62-44(34(4)58-31-36-14-10-9-11-15-36)29-42-24-37(25-45(54)57-8)47(60-35(5)52)50(56,64-42)48(6,7)21-13-22-51;1-3(4)5-2;1-3-2/h9-11,13-15,21-22,25,32-34,38-44,47,53,56H,12,16-20,23-24,26-31H2,1-8H3;1-2H3;3H,1H2,2H3/b21-13+,37-25+;;/t33-,34-,38-,39+,40-,41+,42+,43+,44-,47?,49+,50-;;/m1../s1. The van der Waals surface area contributed by atoms with Crippen LogP contribution < -0.4 is 0 Å². The van der Waals surface area contributed by atoms with Crippen LogP contribution in [0.1, 0.15) is 145 Å². The number of carbonyl (C=O) groups is 5. The van der Waals surface area contributed by atoms with E-state index in [0.717, 1.165) is 56.6 Å². The van der Waals surface area contributed by atoms with Gasteiger partial charge in [-0.15, -0.1) is 6.58 Å². The Bertz CT molecular complexity index is 1910. The molecule has 0 amide bonds. The third kappa shape index (κ3) is 19.2. The molecule has 12 atom stereocenters. The smallest absolute Gasteiger partial charge is 0.330 e. The molecule has 1 aromatic carbocycles. The van der Waals surface area contributed by atoms with Gasteiger partial charge in [0.1, 0.15) is 12.4 Å². The molecule has 16 heteroatoms. The minimum atomic E-state index is -2.30. The molecule has 1 aliphatic carbocycles. The van der Waals surface area contributed by atoms with E-state index in [1.807, 2.05) is 37.3 Å². The van der Waals surface area contributed by atoms with Gasteiger partial charge in [-0.2, -0.15) is 0 Å². The molecular formula is C56H86O16. The molecule has 16 nitrogen and oxygen atoms in total. The second-order valence-corrected chi connectivity index (χ2v) is 20.5. The first kappa shape index (κ1) is 62.0. The first-order valence-corrected chi connectivity index (χ1v) is 25.7. The molecule has 72 heavy (non-hydrogen) atoms. The first-order valence-electron chi connectivity index (χ1n) is 25.7. The first-order chi connectivity index (χ1) is 34.0. The maximum Gasteiger partial charge on any atom is 0.330 e. The van der Waals surface area contributed by atoms with E-state index >= 15 is 0 Å². The van der Waals surface area contributed by atoms with Crippen molar-refractivity contribution in [2.75, 3.05) is 20.8 Å². The minimum absolute atomic E-state index is 0.0228. The Balaban J connectivity index is 0.00000159. The van der Waals surface area contributed by atoms with Gasteiger partial charge >= 0.3 is 23.9 Å². The molecule has 4 fully saturated rings. The number of aliphatic hydroxyl groups excluding tert-OH is 1. The molecule has 3 aliphatic heterocycles. The molecule has 406 valence electrons. The van der Waals surface area contributed by atoms with Crippen LogP contribution in [0.5, 0.6) is 0 Å². The van der Waals surface area contributed by atoms with Crippen molar-refractivity contribution in [3.8, 4) is 0 Å². The Morgan fingerprint density at radius 2 is 1.58 bits per heavy atom. The lowest BCUT2D eigenvalue weighted by atomic mass is 9.72. The lowest BCUT2D eigenvalue weighted by Crippen LogP contribution is -2.62. The molecule has 1 saturated carbocycles. The van der Waals surface area contributed by atoms with Gasteiger partial charge in [0.05, 0.1) is 70.5 Å². The molecule has 3 heterocycles. The zero-order valence-corrected chi connectivity index (χ0v) is 44.8. The van der Waals surface area contributed by atoms with E-state index < -0.39 is 65.4 Å². The van der Waals surface area contributed by atoms with E-state index in [1.165, 1.54) is 46.6 Å².